The van der Waals surface area contributed by atoms with Gasteiger partial charge in [-0.3, -0.25) is 0 Å². The van der Waals surface area contributed by atoms with E-state index in [9.17, 15) is 0 Å². The zero-order valence-electron chi connectivity index (χ0n) is 26.1. The fourth-order valence-corrected chi connectivity index (χ4v) is 6.01. The lowest BCUT2D eigenvalue weighted by Gasteiger charge is -2.33. The molecule has 1 rings (SSSR count). The van der Waals surface area contributed by atoms with E-state index in [-0.39, 0.29) is 0 Å². The van der Waals surface area contributed by atoms with Crippen LogP contribution in [0, 0.1) is 0 Å². The number of hydrogen-bond acceptors (Lipinski definition) is 2. The average molecular weight is 519 g/mol. The number of unbranched alkanes of at least 4 members (excludes halogenated alkanes) is 23. The first kappa shape index (κ1) is 34.4. The molecule has 0 bridgehead atoms. The second kappa shape index (κ2) is 26.9. The topological polar surface area (TPSA) is 6.48 Å². The Bertz CT molecular complexity index is 474. The molecule has 0 aromatic heterocycles. The van der Waals surface area contributed by atoms with Crippen LogP contribution in [0.15, 0.2) is 12.4 Å². The molecule has 0 fully saturated rings. The maximum atomic E-state index is 2.70. The Hall–Kier alpha value is -0.660. The molecular formula is C35H70N2. The summed E-state index contributed by atoms with van der Waals surface area (Å²) in [6, 6.07) is 0. The third kappa shape index (κ3) is 20.0. The highest BCUT2D eigenvalue weighted by molar-refractivity contribution is 4.97. The van der Waals surface area contributed by atoms with Gasteiger partial charge < -0.3 is 9.80 Å². The van der Waals surface area contributed by atoms with Crippen LogP contribution in [0.5, 0.6) is 0 Å². The molecular weight excluding hydrogens is 448 g/mol. The molecule has 0 amide bonds. The van der Waals surface area contributed by atoms with Crippen LogP contribution in [-0.4, -0.2) is 29.1 Å². The summed E-state index contributed by atoms with van der Waals surface area (Å²) in [7, 11) is 0. The highest BCUT2D eigenvalue weighted by Crippen LogP contribution is 2.24. The van der Waals surface area contributed by atoms with Crippen molar-refractivity contribution in [3.05, 3.63) is 12.4 Å². The maximum Gasteiger partial charge on any atom is 0.101 e. The van der Waals surface area contributed by atoms with Gasteiger partial charge in [0, 0.05) is 25.5 Å². The summed E-state index contributed by atoms with van der Waals surface area (Å²) in [6.45, 7) is 9.47. The van der Waals surface area contributed by atoms with Crippen molar-refractivity contribution in [2.45, 2.75) is 200 Å². The summed E-state index contributed by atoms with van der Waals surface area (Å²) >= 11 is 0. The van der Waals surface area contributed by atoms with Crippen molar-refractivity contribution in [2.24, 2.45) is 0 Å². The Kier molecular flexibility index (Phi) is 25.0. The van der Waals surface area contributed by atoms with E-state index in [1.54, 1.807) is 0 Å². The van der Waals surface area contributed by atoms with Crippen molar-refractivity contribution in [2.75, 3.05) is 13.1 Å². The minimum absolute atomic E-state index is 0.642. The standard InChI is InChI=1S/C35H70N2/c1-4-7-10-13-16-18-19-20-21-22-24-27-30-35-36(31-28-25-15-12-9-6-3)33-34-37(35)32-29-26-23-17-14-11-8-5-2/h33-35H,4-32H2,1-3H3. The van der Waals surface area contributed by atoms with E-state index in [2.05, 4.69) is 43.0 Å². The largest absolute Gasteiger partial charge is 0.356 e. The molecule has 2 nitrogen and oxygen atoms in total. The molecule has 0 N–H and O–H groups in total. The zero-order chi connectivity index (χ0) is 26.7. The van der Waals surface area contributed by atoms with Crippen LogP contribution in [0.3, 0.4) is 0 Å². The number of rotatable bonds is 29. The Balaban J connectivity index is 2.22. The Labute approximate surface area is 235 Å². The third-order valence-electron chi connectivity index (χ3n) is 8.57. The molecule has 1 aliphatic rings. The van der Waals surface area contributed by atoms with Gasteiger partial charge in [0.25, 0.3) is 0 Å². The zero-order valence-corrected chi connectivity index (χ0v) is 26.1. The lowest BCUT2D eigenvalue weighted by Crippen LogP contribution is -2.39. The van der Waals surface area contributed by atoms with Gasteiger partial charge >= 0.3 is 0 Å². The van der Waals surface area contributed by atoms with Gasteiger partial charge in [-0.15, -0.1) is 0 Å². The molecule has 1 aliphatic heterocycles. The first-order valence-corrected chi connectivity index (χ1v) is 17.5. The predicted octanol–water partition coefficient (Wildman–Crippen LogP) is 12.0. The van der Waals surface area contributed by atoms with Crippen molar-refractivity contribution in [3.63, 3.8) is 0 Å². The summed E-state index contributed by atoms with van der Waals surface area (Å²) in [5.74, 6) is 0. The van der Waals surface area contributed by atoms with E-state index in [0.29, 0.717) is 6.17 Å². The summed E-state index contributed by atoms with van der Waals surface area (Å²) in [6.07, 6.45) is 44.0. The lowest BCUT2D eigenvalue weighted by atomic mass is 10.0. The minimum Gasteiger partial charge on any atom is -0.356 e. The van der Waals surface area contributed by atoms with E-state index in [4.69, 9.17) is 0 Å². The van der Waals surface area contributed by atoms with Gasteiger partial charge in [0.15, 0.2) is 0 Å². The summed E-state index contributed by atoms with van der Waals surface area (Å²) in [4.78, 5) is 5.40. The first-order valence-electron chi connectivity index (χ1n) is 17.5. The van der Waals surface area contributed by atoms with Crippen LogP contribution in [0.25, 0.3) is 0 Å². The fourth-order valence-electron chi connectivity index (χ4n) is 6.01. The second-order valence-corrected chi connectivity index (χ2v) is 12.2. The predicted molar refractivity (Wildman–Crippen MR) is 168 cm³/mol. The van der Waals surface area contributed by atoms with E-state index in [1.807, 2.05) is 0 Å². The van der Waals surface area contributed by atoms with Crippen LogP contribution in [0.2, 0.25) is 0 Å². The number of nitrogens with zero attached hydrogens (tertiary/aromatic N) is 2. The van der Waals surface area contributed by atoms with Crippen molar-refractivity contribution >= 4 is 0 Å². The van der Waals surface area contributed by atoms with E-state index < -0.39 is 0 Å². The maximum absolute atomic E-state index is 2.70. The Morgan fingerprint density at radius 3 is 0.946 bits per heavy atom. The molecule has 0 saturated heterocycles. The second-order valence-electron chi connectivity index (χ2n) is 12.2. The van der Waals surface area contributed by atoms with Gasteiger partial charge in [0.2, 0.25) is 0 Å². The highest BCUT2D eigenvalue weighted by atomic mass is 15.4. The molecule has 1 atom stereocenters. The van der Waals surface area contributed by atoms with Crippen LogP contribution in [0.1, 0.15) is 194 Å². The Morgan fingerprint density at radius 1 is 0.351 bits per heavy atom. The van der Waals surface area contributed by atoms with Gasteiger partial charge in [-0.2, -0.15) is 0 Å². The minimum atomic E-state index is 0.642. The quantitative estimate of drug-likeness (QED) is 0.0908. The normalized spacial score (nSPS) is 15.4. The summed E-state index contributed by atoms with van der Waals surface area (Å²) in [5, 5.41) is 0. The monoisotopic (exact) mass is 519 g/mol. The van der Waals surface area contributed by atoms with E-state index in [0.717, 1.165) is 0 Å². The lowest BCUT2D eigenvalue weighted by molar-refractivity contribution is 0.135. The number of hydrogen-bond donors (Lipinski definition) is 0. The molecule has 0 aromatic rings. The SMILES string of the molecule is CCCCCCCCCCCCCCC1N(CCCCCCCC)C=CN1CCCCCCCCCC. The molecule has 37 heavy (non-hydrogen) atoms. The van der Waals surface area contributed by atoms with Crippen LogP contribution in [-0.2, 0) is 0 Å². The van der Waals surface area contributed by atoms with E-state index >= 15 is 0 Å². The van der Waals surface area contributed by atoms with E-state index in [1.165, 1.54) is 186 Å². The van der Waals surface area contributed by atoms with Gasteiger partial charge in [-0.1, -0.05) is 168 Å². The fraction of sp³-hybridized carbons (Fsp3) is 0.943. The van der Waals surface area contributed by atoms with Gasteiger partial charge in [-0.25, -0.2) is 0 Å². The molecule has 0 radical (unpaired) electrons. The molecule has 1 unspecified atom stereocenters. The molecule has 2 heteroatoms. The molecule has 0 spiro atoms. The van der Waals surface area contributed by atoms with Crippen LogP contribution in [0.4, 0.5) is 0 Å². The molecule has 0 saturated carbocycles. The first-order chi connectivity index (χ1) is 18.3. The van der Waals surface area contributed by atoms with Gasteiger partial charge in [-0.05, 0) is 25.7 Å². The van der Waals surface area contributed by atoms with Crippen LogP contribution < -0.4 is 0 Å². The van der Waals surface area contributed by atoms with Gasteiger partial charge in [0.1, 0.15) is 6.17 Å². The average Bonchev–Trinajstić information content (AvgIpc) is 3.29. The van der Waals surface area contributed by atoms with Crippen molar-refractivity contribution in [1.29, 1.82) is 0 Å². The molecule has 1 heterocycles. The third-order valence-corrected chi connectivity index (χ3v) is 8.57. The smallest absolute Gasteiger partial charge is 0.101 e. The summed E-state index contributed by atoms with van der Waals surface area (Å²) < 4.78 is 0. The van der Waals surface area contributed by atoms with Crippen LogP contribution >= 0.6 is 0 Å². The van der Waals surface area contributed by atoms with Crippen molar-refractivity contribution in [3.8, 4) is 0 Å². The Morgan fingerprint density at radius 2 is 0.622 bits per heavy atom. The van der Waals surface area contributed by atoms with Gasteiger partial charge in [0.05, 0.1) is 0 Å². The molecule has 0 aliphatic carbocycles. The molecule has 220 valence electrons. The van der Waals surface area contributed by atoms with Crippen molar-refractivity contribution in [1.82, 2.24) is 9.80 Å². The summed E-state index contributed by atoms with van der Waals surface area (Å²) in [5.41, 5.74) is 0. The van der Waals surface area contributed by atoms with Crippen molar-refractivity contribution < 1.29 is 0 Å². The molecule has 0 aromatic carbocycles. The highest BCUT2D eigenvalue weighted by Gasteiger charge is 2.24.